The van der Waals surface area contributed by atoms with Gasteiger partial charge in [-0.2, -0.15) is 0 Å². The zero-order valence-corrected chi connectivity index (χ0v) is 10.2. The highest BCUT2D eigenvalue weighted by Gasteiger charge is 2.19. The van der Waals surface area contributed by atoms with Gasteiger partial charge in [0.05, 0.1) is 5.30 Å². The molecule has 0 spiro atoms. The van der Waals surface area contributed by atoms with Crippen LogP contribution < -0.4 is 10.6 Å². The van der Waals surface area contributed by atoms with Crippen molar-refractivity contribution in [3.8, 4) is 0 Å². The summed E-state index contributed by atoms with van der Waals surface area (Å²) in [5.41, 5.74) is 0.542. The molecule has 18 heavy (non-hydrogen) atoms. The number of carboxylic acid groups (broad SMARTS) is 1. The monoisotopic (exact) mass is 277 g/mol. The van der Waals surface area contributed by atoms with E-state index in [4.69, 9.17) is 14.9 Å². The van der Waals surface area contributed by atoms with E-state index in [0.29, 0.717) is 5.56 Å². The Labute approximate surface area is 103 Å². The van der Waals surface area contributed by atoms with E-state index in [1.54, 1.807) is 0 Å². The van der Waals surface area contributed by atoms with E-state index in [1.165, 1.54) is 24.3 Å². The first-order chi connectivity index (χ1) is 8.34. The Morgan fingerprint density at radius 3 is 2.28 bits per heavy atom. The van der Waals surface area contributed by atoms with E-state index in [0.717, 1.165) is 0 Å². The minimum Gasteiger partial charge on any atom is -0.480 e. The Morgan fingerprint density at radius 2 is 1.89 bits per heavy atom. The number of benzene rings is 1. The molecule has 8 heteroatoms. The van der Waals surface area contributed by atoms with E-state index in [9.17, 15) is 13.8 Å². The topological polar surface area (TPSA) is 107 Å². The molecule has 4 N–H and O–H groups in total. The molecule has 0 fully saturated rings. The molecule has 0 radical (unpaired) electrons. The first-order valence-corrected chi connectivity index (χ1v) is 6.63. The summed E-state index contributed by atoms with van der Waals surface area (Å²) in [6, 6.07) is 4.19. The highest BCUT2D eigenvalue weighted by molar-refractivity contribution is 7.60. The lowest BCUT2D eigenvalue weighted by molar-refractivity contribution is -0.139. The molecule has 0 bridgehead atoms. The number of carboxylic acids is 1. The second kappa shape index (κ2) is 6.06. The summed E-state index contributed by atoms with van der Waals surface area (Å²) in [6.07, 6.45) is 0.0285. The number of hydrogen-bond donors (Lipinski definition) is 4. The molecule has 6 nitrogen and oxygen atoms in total. The van der Waals surface area contributed by atoms with Crippen molar-refractivity contribution >= 4 is 18.9 Å². The van der Waals surface area contributed by atoms with E-state index >= 15 is 0 Å². The molecule has 0 amide bonds. The molecule has 0 aliphatic rings. The van der Waals surface area contributed by atoms with Crippen molar-refractivity contribution in [2.24, 2.45) is 0 Å². The van der Waals surface area contributed by atoms with Gasteiger partial charge in [-0.05, 0) is 24.1 Å². The molecule has 1 aromatic carbocycles. The van der Waals surface area contributed by atoms with Crippen LogP contribution in [-0.4, -0.2) is 33.7 Å². The van der Waals surface area contributed by atoms with Gasteiger partial charge in [0.2, 0.25) is 0 Å². The van der Waals surface area contributed by atoms with Crippen molar-refractivity contribution in [2.45, 2.75) is 12.5 Å². The molecule has 0 aromatic heterocycles. The number of carbonyl (C=O) groups is 1. The fourth-order valence-electron chi connectivity index (χ4n) is 1.40. The molecule has 0 saturated carbocycles. The lowest BCUT2D eigenvalue weighted by Gasteiger charge is -2.12. The Kier molecular flexibility index (Phi) is 4.98. The number of alkyl halides is 1. The van der Waals surface area contributed by atoms with Crippen LogP contribution in [0.5, 0.6) is 0 Å². The van der Waals surface area contributed by atoms with Crippen LogP contribution in [0.3, 0.4) is 0 Å². The van der Waals surface area contributed by atoms with Crippen LogP contribution >= 0.6 is 7.60 Å². The van der Waals surface area contributed by atoms with Gasteiger partial charge in [-0.1, -0.05) is 12.1 Å². The van der Waals surface area contributed by atoms with E-state index in [1.807, 2.05) is 0 Å². The van der Waals surface area contributed by atoms with Gasteiger partial charge >= 0.3 is 13.6 Å². The summed E-state index contributed by atoms with van der Waals surface area (Å²) < 4.78 is 23.0. The van der Waals surface area contributed by atoms with E-state index in [2.05, 4.69) is 5.32 Å². The summed E-state index contributed by atoms with van der Waals surface area (Å²) in [5, 5.41) is 10.8. The second-order valence-corrected chi connectivity index (χ2v) is 5.25. The van der Waals surface area contributed by atoms with E-state index < -0.39 is 26.4 Å². The SMILES string of the molecule is O=C(O)C(Cc1ccc(P(=O)(O)O)cc1)NCF. The first kappa shape index (κ1) is 14.8. The molecule has 0 saturated heterocycles. The van der Waals surface area contributed by atoms with Crippen LogP contribution in [0.4, 0.5) is 4.39 Å². The van der Waals surface area contributed by atoms with Gasteiger partial charge in [0.15, 0.2) is 0 Å². The van der Waals surface area contributed by atoms with Crippen LogP contribution in [0.2, 0.25) is 0 Å². The third kappa shape index (κ3) is 4.19. The standard InChI is InChI=1S/C10H13FNO5P/c11-6-12-9(10(13)14)5-7-1-3-8(4-2-7)18(15,16)17/h1-4,9,12H,5-6H2,(H,13,14)(H2,15,16,17). The number of halogens is 1. The van der Waals surface area contributed by atoms with Crippen LogP contribution in [-0.2, 0) is 15.8 Å². The van der Waals surface area contributed by atoms with Crippen molar-refractivity contribution in [3.05, 3.63) is 29.8 Å². The molecule has 0 aliphatic carbocycles. The lowest BCUT2D eigenvalue weighted by atomic mass is 10.1. The number of hydrogen-bond acceptors (Lipinski definition) is 3. The van der Waals surface area contributed by atoms with E-state index in [-0.39, 0.29) is 11.7 Å². The number of rotatable bonds is 6. The summed E-state index contributed by atoms with van der Waals surface area (Å²) >= 11 is 0. The fraction of sp³-hybridized carbons (Fsp3) is 0.300. The summed E-state index contributed by atoms with van der Waals surface area (Å²) in [5.74, 6) is -1.19. The molecule has 1 atom stereocenters. The van der Waals surface area contributed by atoms with Crippen LogP contribution in [0, 0.1) is 0 Å². The number of nitrogens with one attached hydrogen (secondary N) is 1. The molecule has 100 valence electrons. The van der Waals surface area contributed by atoms with Crippen molar-refractivity contribution in [1.82, 2.24) is 5.32 Å². The Balaban J connectivity index is 2.79. The van der Waals surface area contributed by atoms with Gasteiger partial charge in [0, 0.05) is 0 Å². The van der Waals surface area contributed by atoms with Gasteiger partial charge in [-0.3, -0.25) is 14.7 Å². The third-order valence-electron chi connectivity index (χ3n) is 2.33. The Bertz CT molecular complexity index is 458. The first-order valence-electron chi connectivity index (χ1n) is 5.02. The summed E-state index contributed by atoms with van der Waals surface area (Å²) in [4.78, 5) is 28.5. The quantitative estimate of drug-likeness (QED) is 0.431. The van der Waals surface area contributed by atoms with Crippen molar-refractivity contribution < 1.29 is 28.6 Å². The maximum atomic E-state index is 12.0. The van der Waals surface area contributed by atoms with Crippen molar-refractivity contribution in [3.63, 3.8) is 0 Å². The molecule has 1 aromatic rings. The van der Waals surface area contributed by atoms with Crippen LogP contribution in [0.25, 0.3) is 0 Å². The van der Waals surface area contributed by atoms with Crippen LogP contribution in [0.1, 0.15) is 5.56 Å². The Morgan fingerprint density at radius 1 is 1.33 bits per heavy atom. The second-order valence-electron chi connectivity index (χ2n) is 3.64. The maximum Gasteiger partial charge on any atom is 0.356 e. The van der Waals surface area contributed by atoms with Gasteiger partial charge in [-0.15, -0.1) is 0 Å². The predicted molar refractivity (Wildman–Crippen MR) is 62.4 cm³/mol. The summed E-state index contributed by atoms with van der Waals surface area (Å²) in [7, 11) is -4.30. The third-order valence-corrected chi connectivity index (χ3v) is 3.31. The van der Waals surface area contributed by atoms with Crippen molar-refractivity contribution in [1.29, 1.82) is 0 Å². The highest BCUT2D eigenvalue weighted by Crippen LogP contribution is 2.32. The van der Waals surface area contributed by atoms with Gasteiger partial charge in [-0.25, -0.2) is 4.39 Å². The minimum absolute atomic E-state index is 0.0285. The largest absolute Gasteiger partial charge is 0.480 e. The molecular formula is C10H13FNO5P. The average molecular weight is 277 g/mol. The van der Waals surface area contributed by atoms with Gasteiger partial charge < -0.3 is 14.9 Å². The highest BCUT2D eigenvalue weighted by atomic mass is 31.2. The molecule has 1 rings (SSSR count). The van der Waals surface area contributed by atoms with Gasteiger partial charge in [0.1, 0.15) is 12.8 Å². The lowest BCUT2D eigenvalue weighted by Crippen LogP contribution is -2.38. The maximum absolute atomic E-state index is 12.0. The number of aliphatic carboxylic acids is 1. The van der Waals surface area contributed by atoms with Gasteiger partial charge in [0.25, 0.3) is 0 Å². The normalized spacial score (nSPS) is 13.3. The minimum atomic E-state index is -4.30. The smallest absolute Gasteiger partial charge is 0.356 e. The fourth-order valence-corrected chi connectivity index (χ4v) is 1.94. The van der Waals surface area contributed by atoms with Crippen molar-refractivity contribution in [2.75, 3.05) is 6.80 Å². The molecular weight excluding hydrogens is 264 g/mol. The molecule has 0 heterocycles. The molecule has 0 aliphatic heterocycles. The average Bonchev–Trinajstić information content (AvgIpc) is 2.28. The zero-order chi connectivity index (χ0) is 13.8. The zero-order valence-electron chi connectivity index (χ0n) is 9.28. The Hall–Kier alpha value is -1.27. The summed E-state index contributed by atoms with van der Waals surface area (Å²) in [6.45, 7) is -0.961. The molecule has 1 unspecified atom stereocenters. The van der Waals surface area contributed by atoms with Crippen LogP contribution in [0.15, 0.2) is 24.3 Å². The predicted octanol–water partition coefficient (Wildman–Crippen LogP) is 0.00190.